The van der Waals surface area contributed by atoms with Crippen LogP contribution in [-0.2, 0) is 4.79 Å². The second kappa shape index (κ2) is 8.60. The van der Waals surface area contributed by atoms with E-state index in [4.69, 9.17) is 0 Å². The Kier molecular flexibility index (Phi) is 5.98. The summed E-state index contributed by atoms with van der Waals surface area (Å²) >= 11 is 3.33. The molecule has 0 radical (unpaired) electrons. The van der Waals surface area contributed by atoms with E-state index >= 15 is 0 Å². The summed E-state index contributed by atoms with van der Waals surface area (Å²) in [6, 6.07) is 23.9. The number of halogens is 1. The van der Waals surface area contributed by atoms with E-state index in [-0.39, 0.29) is 23.9 Å². The summed E-state index contributed by atoms with van der Waals surface area (Å²) in [5, 5.41) is 13.8. The van der Waals surface area contributed by atoms with Gasteiger partial charge < -0.3 is 5.32 Å². The van der Waals surface area contributed by atoms with Gasteiger partial charge in [0.1, 0.15) is 0 Å². The molecule has 0 aliphatic carbocycles. The van der Waals surface area contributed by atoms with Gasteiger partial charge in [0.2, 0.25) is 5.91 Å². The van der Waals surface area contributed by atoms with E-state index in [1.165, 1.54) is 12.1 Å². The van der Waals surface area contributed by atoms with Gasteiger partial charge in [-0.15, -0.1) is 0 Å². The van der Waals surface area contributed by atoms with Gasteiger partial charge in [-0.25, -0.2) is 0 Å². The Labute approximate surface area is 165 Å². The van der Waals surface area contributed by atoms with Crippen molar-refractivity contribution in [2.45, 2.75) is 12.3 Å². The highest BCUT2D eigenvalue weighted by molar-refractivity contribution is 9.10. The Morgan fingerprint density at radius 3 is 2.04 bits per heavy atom. The standard InChI is InChI=1S/C21H17BrN2O3/c22-19-12-11-17(24(26)27)13-20(19)23-21(25)14-18(15-7-3-1-4-8-15)16-9-5-2-6-10-16/h1-13,18H,14H2,(H,23,25). The highest BCUT2D eigenvalue weighted by atomic mass is 79.9. The zero-order valence-corrected chi connectivity index (χ0v) is 15.9. The number of nitro benzene ring substituents is 1. The number of hydrogen-bond donors (Lipinski definition) is 1. The molecule has 3 aromatic carbocycles. The molecular weight excluding hydrogens is 408 g/mol. The van der Waals surface area contributed by atoms with E-state index in [0.717, 1.165) is 11.1 Å². The fourth-order valence-corrected chi connectivity index (χ4v) is 3.25. The lowest BCUT2D eigenvalue weighted by Gasteiger charge is -2.18. The number of benzene rings is 3. The van der Waals surface area contributed by atoms with Crippen LogP contribution in [0.4, 0.5) is 11.4 Å². The molecule has 0 fully saturated rings. The van der Waals surface area contributed by atoms with Crippen LogP contribution in [-0.4, -0.2) is 10.8 Å². The maximum Gasteiger partial charge on any atom is 0.271 e. The van der Waals surface area contributed by atoms with Gasteiger partial charge in [-0.1, -0.05) is 60.7 Å². The van der Waals surface area contributed by atoms with Crippen molar-refractivity contribution in [3.05, 3.63) is 105 Å². The Bertz CT molecular complexity index is 907. The lowest BCUT2D eigenvalue weighted by Crippen LogP contribution is -2.17. The highest BCUT2D eigenvalue weighted by Crippen LogP contribution is 2.30. The maximum absolute atomic E-state index is 12.7. The van der Waals surface area contributed by atoms with Gasteiger partial charge in [-0.05, 0) is 33.1 Å². The maximum atomic E-state index is 12.7. The molecule has 0 aliphatic rings. The van der Waals surface area contributed by atoms with Gasteiger partial charge >= 0.3 is 0 Å². The summed E-state index contributed by atoms with van der Waals surface area (Å²) in [7, 11) is 0. The van der Waals surface area contributed by atoms with Crippen LogP contribution in [0.1, 0.15) is 23.5 Å². The predicted octanol–water partition coefficient (Wildman–Crippen LogP) is 5.52. The van der Waals surface area contributed by atoms with Crippen LogP contribution in [0.15, 0.2) is 83.3 Å². The molecule has 1 amide bonds. The summed E-state index contributed by atoms with van der Waals surface area (Å²) < 4.78 is 0.595. The van der Waals surface area contributed by atoms with E-state index < -0.39 is 4.92 Å². The van der Waals surface area contributed by atoms with E-state index in [2.05, 4.69) is 21.2 Å². The number of amides is 1. The molecule has 0 saturated carbocycles. The SMILES string of the molecule is O=C(CC(c1ccccc1)c1ccccc1)Nc1cc([N+](=O)[O-])ccc1Br. The zero-order valence-electron chi connectivity index (χ0n) is 14.3. The van der Waals surface area contributed by atoms with Crippen molar-refractivity contribution in [2.24, 2.45) is 0 Å². The summed E-state index contributed by atoms with van der Waals surface area (Å²) in [6.07, 6.45) is 0.225. The van der Waals surface area contributed by atoms with Crippen LogP contribution >= 0.6 is 15.9 Å². The molecule has 3 aromatic rings. The minimum atomic E-state index is -0.487. The van der Waals surface area contributed by atoms with Crippen LogP contribution in [0.25, 0.3) is 0 Å². The van der Waals surface area contributed by atoms with Gasteiger partial charge in [0.25, 0.3) is 5.69 Å². The normalized spacial score (nSPS) is 10.6. The fourth-order valence-electron chi connectivity index (χ4n) is 2.91. The van der Waals surface area contributed by atoms with Crippen molar-refractivity contribution in [2.75, 3.05) is 5.32 Å². The van der Waals surface area contributed by atoms with Gasteiger partial charge in [0, 0.05) is 28.9 Å². The molecule has 3 rings (SSSR count). The summed E-state index contributed by atoms with van der Waals surface area (Å²) in [5.41, 5.74) is 2.39. The predicted molar refractivity (Wildman–Crippen MR) is 109 cm³/mol. The molecular formula is C21H17BrN2O3. The van der Waals surface area contributed by atoms with Gasteiger partial charge in [0.05, 0.1) is 10.6 Å². The molecule has 1 N–H and O–H groups in total. The first-order valence-electron chi connectivity index (χ1n) is 8.38. The third kappa shape index (κ3) is 4.80. The molecule has 0 aromatic heterocycles. The third-order valence-electron chi connectivity index (χ3n) is 4.23. The minimum Gasteiger partial charge on any atom is -0.325 e. The Morgan fingerprint density at radius 1 is 0.963 bits per heavy atom. The van der Waals surface area contributed by atoms with Gasteiger partial charge in [-0.2, -0.15) is 0 Å². The van der Waals surface area contributed by atoms with Crippen molar-refractivity contribution < 1.29 is 9.72 Å². The second-order valence-corrected chi connectivity index (χ2v) is 6.90. The topological polar surface area (TPSA) is 72.2 Å². The molecule has 0 bridgehead atoms. The first-order chi connectivity index (χ1) is 13.0. The number of nitrogens with one attached hydrogen (secondary N) is 1. The molecule has 0 aliphatic heterocycles. The molecule has 27 heavy (non-hydrogen) atoms. The van der Waals surface area contributed by atoms with Crippen LogP contribution < -0.4 is 5.32 Å². The number of rotatable bonds is 6. The Hall–Kier alpha value is -2.99. The molecule has 136 valence electrons. The lowest BCUT2D eigenvalue weighted by molar-refractivity contribution is -0.384. The quantitative estimate of drug-likeness (QED) is 0.418. The number of nitrogens with zero attached hydrogens (tertiary/aromatic N) is 1. The summed E-state index contributed by atoms with van der Waals surface area (Å²) in [5.74, 6) is -0.321. The van der Waals surface area contributed by atoms with Crippen LogP contribution in [0.2, 0.25) is 0 Å². The van der Waals surface area contributed by atoms with Gasteiger partial charge in [0.15, 0.2) is 0 Å². The molecule has 0 heterocycles. The number of anilines is 1. The van der Waals surface area contributed by atoms with E-state index in [0.29, 0.717) is 10.2 Å². The fraction of sp³-hybridized carbons (Fsp3) is 0.0952. The number of non-ortho nitro benzene ring substituents is 1. The summed E-state index contributed by atoms with van der Waals surface area (Å²) in [4.78, 5) is 23.2. The Morgan fingerprint density at radius 2 is 1.52 bits per heavy atom. The number of carbonyl (C=O) groups is 1. The average molecular weight is 425 g/mol. The lowest BCUT2D eigenvalue weighted by atomic mass is 9.88. The van der Waals surface area contributed by atoms with Crippen molar-refractivity contribution in [3.63, 3.8) is 0 Å². The van der Waals surface area contributed by atoms with E-state index in [1.807, 2.05) is 60.7 Å². The molecule has 0 spiro atoms. The molecule has 6 heteroatoms. The largest absolute Gasteiger partial charge is 0.325 e. The van der Waals surface area contributed by atoms with Crippen molar-refractivity contribution in [3.8, 4) is 0 Å². The third-order valence-corrected chi connectivity index (χ3v) is 4.92. The Balaban J connectivity index is 1.84. The molecule has 0 atom stereocenters. The van der Waals surface area contributed by atoms with Crippen molar-refractivity contribution >= 4 is 33.2 Å². The average Bonchev–Trinajstić information content (AvgIpc) is 2.69. The molecule has 0 unspecified atom stereocenters. The van der Waals surface area contributed by atoms with E-state index in [1.54, 1.807) is 6.07 Å². The zero-order chi connectivity index (χ0) is 19.2. The van der Waals surface area contributed by atoms with Gasteiger partial charge in [-0.3, -0.25) is 14.9 Å². The monoisotopic (exact) mass is 424 g/mol. The number of nitro groups is 1. The highest BCUT2D eigenvalue weighted by Gasteiger charge is 2.19. The van der Waals surface area contributed by atoms with Crippen LogP contribution in [0.3, 0.4) is 0 Å². The van der Waals surface area contributed by atoms with Crippen LogP contribution in [0, 0.1) is 10.1 Å². The smallest absolute Gasteiger partial charge is 0.271 e. The molecule has 0 saturated heterocycles. The van der Waals surface area contributed by atoms with Crippen LogP contribution in [0.5, 0.6) is 0 Å². The van der Waals surface area contributed by atoms with Crippen molar-refractivity contribution in [1.82, 2.24) is 0 Å². The number of carbonyl (C=O) groups excluding carboxylic acids is 1. The first kappa shape index (κ1) is 18.8. The second-order valence-electron chi connectivity index (χ2n) is 6.05. The summed E-state index contributed by atoms with van der Waals surface area (Å²) in [6.45, 7) is 0. The minimum absolute atomic E-state index is 0.0730. The molecule has 5 nitrogen and oxygen atoms in total. The van der Waals surface area contributed by atoms with Crippen molar-refractivity contribution in [1.29, 1.82) is 0 Å². The number of hydrogen-bond acceptors (Lipinski definition) is 3. The van der Waals surface area contributed by atoms with E-state index in [9.17, 15) is 14.9 Å². The first-order valence-corrected chi connectivity index (χ1v) is 9.17.